The third-order valence-corrected chi connectivity index (χ3v) is 7.14. The molecule has 10 nitrogen and oxygen atoms in total. The van der Waals surface area contributed by atoms with Crippen LogP contribution in [0, 0.1) is 17.0 Å². The summed E-state index contributed by atoms with van der Waals surface area (Å²) in [4.78, 5) is 43.0. The summed E-state index contributed by atoms with van der Waals surface area (Å²) in [6.07, 6.45) is 0. The Bertz CT molecular complexity index is 1350. The van der Waals surface area contributed by atoms with Gasteiger partial charge in [-0.2, -0.15) is 0 Å². The second-order valence-corrected chi connectivity index (χ2v) is 9.70. The number of nitro groups is 1. The maximum absolute atomic E-state index is 13.2. The number of aryl methyl sites for hydroxylation is 1. The molecule has 2 amide bonds. The molecule has 2 fully saturated rings. The van der Waals surface area contributed by atoms with Gasteiger partial charge in [0.15, 0.2) is 0 Å². The minimum Gasteiger partial charge on any atom is -0.378 e. The van der Waals surface area contributed by atoms with Crippen molar-refractivity contribution in [3.05, 3.63) is 93.5 Å². The van der Waals surface area contributed by atoms with Gasteiger partial charge in [-0.05, 0) is 49.4 Å². The molecule has 0 aromatic heterocycles. The predicted molar refractivity (Wildman–Crippen MR) is 150 cm³/mol. The number of anilines is 3. The molecule has 0 unspecified atom stereocenters. The molecule has 3 aromatic rings. The number of benzene rings is 3. The average Bonchev–Trinajstić information content (AvgIpc) is 2.98. The second kappa shape index (κ2) is 11.5. The van der Waals surface area contributed by atoms with Gasteiger partial charge in [-0.15, -0.1) is 0 Å². The number of amides is 2. The summed E-state index contributed by atoms with van der Waals surface area (Å²) in [5, 5.41) is 14.3. The summed E-state index contributed by atoms with van der Waals surface area (Å²) in [7, 11) is 0. The van der Waals surface area contributed by atoms with Crippen LogP contribution in [0.25, 0.3) is 0 Å². The highest BCUT2D eigenvalue weighted by Crippen LogP contribution is 2.28. The summed E-state index contributed by atoms with van der Waals surface area (Å²) in [5.74, 6) is -0.360. The molecule has 39 heavy (non-hydrogen) atoms. The van der Waals surface area contributed by atoms with Crippen molar-refractivity contribution >= 4 is 34.6 Å². The van der Waals surface area contributed by atoms with Crippen molar-refractivity contribution in [2.75, 3.05) is 67.6 Å². The van der Waals surface area contributed by atoms with E-state index in [2.05, 4.69) is 10.2 Å². The molecule has 0 atom stereocenters. The number of carbonyl (C=O) groups is 2. The molecule has 10 heteroatoms. The Morgan fingerprint density at radius 2 is 1.51 bits per heavy atom. The van der Waals surface area contributed by atoms with E-state index in [0.717, 1.165) is 11.3 Å². The fourth-order valence-electron chi connectivity index (χ4n) is 4.90. The van der Waals surface area contributed by atoms with Gasteiger partial charge < -0.3 is 24.8 Å². The highest BCUT2D eigenvalue weighted by Gasteiger charge is 2.24. The Labute approximate surface area is 226 Å². The monoisotopic (exact) mass is 529 g/mol. The van der Waals surface area contributed by atoms with E-state index in [-0.39, 0.29) is 17.2 Å². The smallest absolute Gasteiger partial charge is 0.270 e. The molecule has 202 valence electrons. The van der Waals surface area contributed by atoms with E-state index in [1.165, 1.54) is 12.1 Å². The molecule has 1 N–H and O–H groups in total. The maximum atomic E-state index is 13.2. The van der Waals surface area contributed by atoms with Crippen LogP contribution in [0.2, 0.25) is 0 Å². The number of non-ortho nitro benzene ring substituents is 1. The van der Waals surface area contributed by atoms with Gasteiger partial charge in [-0.1, -0.05) is 17.7 Å². The number of ether oxygens (including phenoxy) is 1. The third-order valence-electron chi connectivity index (χ3n) is 7.14. The minimum atomic E-state index is -0.497. The molecule has 2 heterocycles. The molecule has 0 radical (unpaired) electrons. The summed E-state index contributed by atoms with van der Waals surface area (Å²) in [5.41, 5.74) is 4.19. The van der Waals surface area contributed by atoms with Crippen molar-refractivity contribution in [1.29, 1.82) is 0 Å². The van der Waals surface area contributed by atoms with Gasteiger partial charge in [0, 0.05) is 68.3 Å². The first-order chi connectivity index (χ1) is 18.9. The third kappa shape index (κ3) is 6.01. The lowest BCUT2D eigenvalue weighted by Gasteiger charge is -2.36. The Kier molecular flexibility index (Phi) is 7.74. The number of carbonyl (C=O) groups excluding carboxylic acids is 2. The molecule has 0 spiro atoms. The standard InChI is InChI=1S/C29H31N5O5/c1-21-2-4-22(5-3-21)29(36)33-14-12-31(13-15-33)24-8-6-23(7-9-24)30-28(35)26-20-25(34(37)38)10-11-27(26)32-16-18-39-19-17-32/h2-11,20H,12-19H2,1H3,(H,30,35). The topological polar surface area (TPSA) is 108 Å². The molecule has 0 aliphatic carbocycles. The summed E-state index contributed by atoms with van der Waals surface area (Å²) in [6, 6.07) is 19.5. The first kappa shape index (κ1) is 26.2. The Morgan fingerprint density at radius 3 is 2.15 bits per heavy atom. The first-order valence-electron chi connectivity index (χ1n) is 13.0. The molecule has 2 aliphatic rings. The summed E-state index contributed by atoms with van der Waals surface area (Å²) >= 11 is 0. The van der Waals surface area contributed by atoms with E-state index in [1.54, 1.807) is 6.07 Å². The van der Waals surface area contributed by atoms with E-state index in [9.17, 15) is 19.7 Å². The fourth-order valence-corrected chi connectivity index (χ4v) is 4.90. The zero-order valence-corrected chi connectivity index (χ0v) is 21.8. The molecule has 0 saturated carbocycles. The predicted octanol–water partition coefficient (Wildman–Crippen LogP) is 3.95. The molecular weight excluding hydrogens is 498 g/mol. The summed E-state index contributed by atoms with van der Waals surface area (Å²) in [6.45, 7) is 6.96. The van der Waals surface area contributed by atoms with Crippen LogP contribution < -0.4 is 15.1 Å². The van der Waals surface area contributed by atoms with E-state index in [0.29, 0.717) is 69.4 Å². The number of nitro benzene ring substituents is 1. The largest absolute Gasteiger partial charge is 0.378 e. The lowest BCUT2D eigenvalue weighted by molar-refractivity contribution is -0.384. The number of hydrogen-bond donors (Lipinski definition) is 1. The molecule has 5 rings (SSSR count). The highest BCUT2D eigenvalue weighted by molar-refractivity contribution is 6.08. The average molecular weight is 530 g/mol. The van der Waals surface area contributed by atoms with Crippen molar-refractivity contribution in [2.24, 2.45) is 0 Å². The van der Waals surface area contributed by atoms with Gasteiger partial charge in [0.05, 0.1) is 29.4 Å². The Morgan fingerprint density at radius 1 is 0.846 bits per heavy atom. The summed E-state index contributed by atoms with van der Waals surface area (Å²) < 4.78 is 5.41. The fraction of sp³-hybridized carbons (Fsp3) is 0.310. The van der Waals surface area contributed by atoms with Gasteiger partial charge in [-0.25, -0.2) is 0 Å². The number of piperazine rings is 1. The van der Waals surface area contributed by atoms with Gasteiger partial charge in [0.25, 0.3) is 17.5 Å². The van der Waals surface area contributed by atoms with Crippen molar-refractivity contribution in [3.63, 3.8) is 0 Å². The molecule has 2 aliphatic heterocycles. The van der Waals surface area contributed by atoms with Gasteiger partial charge >= 0.3 is 0 Å². The van der Waals surface area contributed by atoms with Gasteiger partial charge in [-0.3, -0.25) is 19.7 Å². The van der Waals surface area contributed by atoms with Crippen molar-refractivity contribution in [1.82, 2.24) is 4.90 Å². The van der Waals surface area contributed by atoms with Crippen LogP contribution in [0.15, 0.2) is 66.7 Å². The van der Waals surface area contributed by atoms with Crippen LogP contribution in [-0.2, 0) is 4.74 Å². The zero-order chi connectivity index (χ0) is 27.4. The maximum Gasteiger partial charge on any atom is 0.270 e. The van der Waals surface area contributed by atoms with Crippen LogP contribution in [0.1, 0.15) is 26.3 Å². The number of nitrogens with one attached hydrogen (secondary N) is 1. The number of morpholine rings is 1. The molecule has 3 aromatic carbocycles. The normalized spacial score (nSPS) is 15.7. The van der Waals surface area contributed by atoms with Crippen molar-refractivity contribution < 1.29 is 19.2 Å². The number of hydrogen-bond acceptors (Lipinski definition) is 7. The van der Waals surface area contributed by atoms with E-state index >= 15 is 0 Å². The van der Waals surface area contributed by atoms with E-state index in [1.807, 2.05) is 65.3 Å². The molecular formula is C29H31N5O5. The quantitative estimate of drug-likeness (QED) is 0.380. The molecule has 2 saturated heterocycles. The van der Waals surface area contributed by atoms with Gasteiger partial charge in [0.2, 0.25) is 0 Å². The van der Waals surface area contributed by atoms with Crippen LogP contribution in [0.3, 0.4) is 0 Å². The first-order valence-corrected chi connectivity index (χ1v) is 13.0. The van der Waals surface area contributed by atoms with Crippen molar-refractivity contribution in [3.8, 4) is 0 Å². The SMILES string of the molecule is Cc1ccc(C(=O)N2CCN(c3ccc(NC(=O)c4cc([N+](=O)[O-])ccc4N4CCOCC4)cc3)CC2)cc1. The number of rotatable bonds is 6. The number of nitrogens with zero attached hydrogens (tertiary/aromatic N) is 4. The lowest BCUT2D eigenvalue weighted by atomic mass is 10.1. The highest BCUT2D eigenvalue weighted by atomic mass is 16.6. The van der Waals surface area contributed by atoms with Gasteiger partial charge in [0.1, 0.15) is 0 Å². The zero-order valence-electron chi connectivity index (χ0n) is 21.8. The van der Waals surface area contributed by atoms with Crippen LogP contribution >= 0.6 is 0 Å². The van der Waals surface area contributed by atoms with Crippen LogP contribution in [0.4, 0.5) is 22.7 Å². The minimum absolute atomic E-state index is 0.0466. The van der Waals surface area contributed by atoms with Crippen LogP contribution in [-0.4, -0.2) is 74.1 Å². The Hall–Kier alpha value is -4.44. The lowest BCUT2D eigenvalue weighted by Crippen LogP contribution is -2.48. The second-order valence-electron chi connectivity index (χ2n) is 9.70. The van der Waals surface area contributed by atoms with Crippen LogP contribution in [0.5, 0.6) is 0 Å². The van der Waals surface area contributed by atoms with E-state index in [4.69, 9.17) is 4.74 Å². The van der Waals surface area contributed by atoms with E-state index < -0.39 is 10.8 Å². The molecule has 0 bridgehead atoms. The Balaban J connectivity index is 1.23. The van der Waals surface area contributed by atoms with Crippen molar-refractivity contribution in [2.45, 2.75) is 6.92 Å².